The van der Waals surface area contributed by atoms with Crippen LogP contribution in [0.5, 0.6) is 11.5 Å². The molecule has 0 bridgehead atoms. The number of aliphatic hydroxyl groups is 4. The van der Waals surface area contributed by atoms with Crippen molar-refractivity contribution < 1.29 is 88.1 Å². The number of ether oxygens (including phenoxy) is 4. The maximum atomic E-state index is 14.5. The molecule has 4 rings (SSSR count). The van der Waals surface area contributed by atoms with Gasteiger partial charge in [0.25, 0.3) is 6.29 Å². The normalized spacial score (nSPS) is 32.7. The zero-order chi connectivity index (χ0) is 31.1. The standard InChI is InChI=1S/C22H14F10O9/c1-3-15(34)18-20(3,35)22(37,41-17-13(31)9(27)6(24)10(28)14(17)32)21(36,19(39-18)38-4(2)33)40-16-11(29)7(25)5(23)8(26)12(16)30/h3,15,18-19,34-37H,1-2H3/t3?,15?,18-,19?,20-,21-,22-/m1/s1. The molecule has 0 aromatic heterocycles. The summed E-state index contributed by atoms with van der Waals surface area (Å²) in [5.41, 5.74) is -3.55. The first-order chi connectivity index (χ1) is 18.8. The minimum absolute atomic E-state index is 0.535. The third-order valence-corrected chi connectivity index (χ3v) is 6.69. The molecular weight excluding hydrogens is 598 g/mol. The van der Waals surface area contributed by atoms with Gasteiger partial charge in [-0.25, -0.2) is 26.3 Å². The molecule has 0 radical (unpaired) electrons. The number of fused-ring (bicyclic) bond motifs is 1. The Kier molecular flexibility index (Phi) is 7.14. The van der Waals surface area contributed by atoms with Crippen LogP contribution in [0.2, 0.25) is 0 Å². The number of halogens is 10. The van der Waals surface area contributed by atoms with Crippen LogP contribution in [0.25, 0.3) is 0 Å². The number of carbonyl (C=O) groups excluding carboxylic acids is 1. The molecule has 2 aromatic rings. The number of hydrogen-bond acceptors (Lipinski definition) is 9. The molecule has 9 nitrogen and oxygen atoms in total. The summed E-state index contributed by atoms with van der Waals surface area (Å²) < 4.78 is 159. The number of rotatable bonds is 5. The van der Waals surface area contributed by atoms with Gasteiger partial charge in [-0.2, -0.15) is 17.6 Å². The van der Waals surface area contributed by atoms with Crippen molar-refractivity contribution >= 4 is 5.97 Å². The molecule has 1 aliphatic carbocycles. The van der Waals surface area contributed by atoms with Crippen molar-refractivity contribution in [3.05, 3.63) is 58.2 Å². The van der Waals surface area contributed by atoms with Gasteiger partial charge < -0.3 is 39.4 Å². The van der Waals surface area contributed by atoms with E-state index in [1.807, 2.05) is 0 Å². The number of carbonyl (C=O) groups is 1. The maximum absolute atomic E-state index is 14.5. The van der Waals surface area contributed by atoms with Gasteiger partial charge in [0.1, 0.15) is 6.10 Å². The van der Waals surface area contributed by atoms with E-state index < -0.39 is 117 Å². The molecular formula is C22H14F10O9. The molecule has 226 valence electrons. The SMILES string of the molecule is CC(=O)OC1O[C@@H]2C(O)C(C)[C@]2(O)[C@@](O)(Oc2c(F)c(F)c(F)c(F)c2F)[C@]1(O)Oc1c(F)c(F)c(F)c(F)c1F. The second-order valence-electron chi connectivity index (χ2n) is 8.95. The first-order valence-corrected chi connectivity index (χ1v) is 10.9. The number of esters is 1. The lowest BCUT2D eigenvalue weighted by Crippen LogP contribution is -2.92. The molecule has 4 N–H and O–H groups in total. The average molecular weight is 612 g/mol. The van der Waals surface area contributed by atoms with E-state index in [0.29, 0.717) is 6.92 Å². The molecule has 1 aliphatic heterocycles. The van der Waals surface area contributed by atoms with E-state index >= 15 is 0 Å². The highest BCUT2D eigenvalue weighted by molar-refractivity contribution is 5.66. The minimum Gasteiger partial charge on any atom is -0.446 e. The summed E-state index contributed by atoms with van der Waals surface area (Å²) in [7, 11) is 0. The lowest BCUT2D eigenvalue weighted by Gasteiger charge is -2.66. The van der Waals surface area contributed by atoms with Gasteiger partial charge in [0, 0.05) is 12.8 Å². The van der Waals surface area contributed by atoms with E-state index in [4.69, 9.17) is 4.74 Å². The van der Waals surface area contributed by atoms with Crippen molar-refractivity contribution in [2.45, 2.75) is 49.5 Å². The Morgan fingerprint density at radius 3 is 1.46 bits per heavy atom. The number of aliphatic hydroxyl groups excluding tert-OH is 1. The molecule has 0 spiro atoms. The number of benzene rings is 2. The van der Waals surface area contributed by atoms with E-state index in [9.17, 15) is 69.1 Å². The van der Waals surface area contributed by atoms with Crippen LogP contribution in [0.4, 0.5) is 43.9 Å². The molecule has 2 aliphatic rings. The largest absolute Gasteiger partial charge is 0.446 e. The van der Waals surface area contributed by atoms with Crippen molar-refractivity contribution in [3.8, 4) is 11.5 Å². The lowest BCUT2D eigenvalue weighted by atomic mass is 9.57. The second-order valence-corrected chi connectivity index (χ2v) is 8.95. The zero-order valence-corrected chi connectivity index (χ0v) is 19.9. The van der Waals surface area contributed by atoms with Gasteiger partial charge in [-0.3, -0.25) is 4.79 Å². The van der Waals surface area contributed by atoms with Gasteiger partial charge in [-0.1, -0.05) is 6.92 Å². The summed E-state index contributed by atoms with van der Waals surface area (Å²) in [6.07, 6.45) is -7.50. The van der Waals surface area contributed by atoms with Crippen LogP contribution in [0.15, 0.2) is 0 Å². The Morgan fingerprint density at radius 2 is 1.07 bits per heavy atom. The second kappa shape index (κ2) is 9.58. The van der Waals surface area contributed by atoms with Gasteiger partial charge in [0.2, 0.25) is 69.7 Å². The molecule has 19 heteroatoms. The van der Waals surface area contributed by atoms with E-state index in [0.717, 1.165) is 6.92 Å². The van der Waals surface area contributed by atoms with Crippen LogP contribution < -0.4 is 9.47 Å². The number of hydrogen-bond donors (Lipinski definition) is 4. The molecule has 1 saturated carbocycles. The van der Waals surface area contributed by atoms with Crippen LogP contribution in [-0.2, 0) is 14.3 Å². The Hall–Kier alpha value is -3.39. The predicted molar refractivity (Wildman–Crippen MR) is 104 cm³/mol. The molecule has 7 atom stereocenters. The lowest BCUT2D eigenvalue weighted by molar-refractivity contribution is -0.521. The van der Waals surface area contributed by atoms with E-state index in [1.165, 1.54) is 0 Å². The van der Waals surface area contributed by atoms with E-state index in [2.05, 4.69) is 14.2 Å². The Labute approximate surface area is 220 Å². The Bertz CT molecular complexity index is 1400. The van der Waals surface area contributed by atoms with E-state index in [-0.39, 0.29) is 0 Å². The van der Waals surface area contributed by atoms with Gasteiger partial charge >= 0.3 is 17.5 Å². The summed E-state index contributed by atoms with van der Waals surface area (Å²) in [5, 5.41) is 44.3. The quantitative estimate of drug-likeness (QED) is 0.131. The minimum atomic E-state index is -4.60. The molecule has 2 aromatic carbocycles. The smallest absolute Gasteiger partial charge is 0.342 e. The molecule has 0 amide bonds. The van der Waals surface area contributed by atoms with Crippen LogP contribution in [0.1, 0.15) is 13.8 Å². The van der Waals surface area contributed by atoms with Crippen molar-refractivity contribution in [2.75, 3.05) is 0 Å². The Balaban J connectivity index is 2.04. The third kappa shape index (κ3) is 3.86. The summed E-state index contributed by atoms with van der Waals surface area (Å²) in [4.78, 5) is 11.7. The van der Waals surface area contributed by atoms with Crippen molar-refractivity contribution in [1.82, 2.24) is 0 Å². The van der Waals surface area contributed by atoms with Gasteiger partial charge in [0.15, 0.2) is 5.60 Å². The van der Waals surface area contributed by atoms with Crippen LogP contribution >= 0.6 is 0 Å². The highest BCUT2D eigenvalue weighted by atomic mass is 19.2. The fraction of sp³-hybridized carbons (Fsp3) is 0.409. The molecule has 3 unspecified atom stereocenters. The highest BCUT2D eigenvalue weighted by Gasteiger charge is 2.85. The van der Waals surface area contributed by atoms with Crippen LogP contribution in [-0.4, -0.2) is 62.1 Å². The molecule has 41 heavy (non-hydrogen) atoms. The molecule has 2 fully saturated rings. The van der Waals surface area contributed by atoms with Gasteiger partial charge in [0.05, 0.1) is 6.10 Å². The van der Waals surface area contributed by atoms with Gasteiger partial charge in [-0.05, 0) is 0 Å². The summed E-state index contributed by atoms with van der Waals surface area (Å²) in [5.74, 6) is -45.6. The average Bonchev–Trinajstić information content (AvgIpc) is 2.93. The molecule has 1 heterocycles. The van der Waals surface area contributed by atoms with Crippen molar-refractivity contribution in [2.24, 2.45) is 5.92 Å². The van der Waals surface area contributed by atoms with Crippen LogP contribution in [0, 0.1) is 64.1 Å². The monoisotopic (exact) mass is 612 g/mol. The fourth-order valence-electron chi connectivity index (χ4n) is 4.46. The third-order valence-electron chi connectivity index (χ3n) is 6.69. The van der Waals surface area contributed by atoms with Crippen molar-refractivity contribution in [3.63, 3.8) is 0 Å². The first kappa shape index (κ1) is 30.6. The Morgan fingerprint density at radius 1 is 0.707 bits per heavy atom. The summed E-state index contributed by atoms with van der Waals surface area (Å²) in [6, 6.07) is 0. The van der Waals surface area contributed by atoms with Gasteiger partial charge in [-0.15, -0.1) is 0 Å². The summed E-state index contributed by atoms with van der Waals surface area (Å²) >= 11 is 0. The zero-order valence-electron chi connectivity index (χ0n) is 19.9. The predicted octanol–water partition coefficient (Wildman–Crippen LogP) is 1.94. The highest BCUT2D eigenvalue weighted by Crippen LogP contribution is 2.58. The molecule has 1 saturated heterocycles. The topological polar surface area (TPSA) is 135 Å². The van der Waals surface area contributed by atoms with Crippen LogP contribution in [0.3, 0.4) is 0 Å². The fourth-order valence-corrected chi connectivity index (χ4v) is 4.46. The van der Waals surface area contributed by atoms with E-state index in [1.54, 1.807) is 0 Å². The first-order valence-electron chi connectivity index (χ1n) is 10.9. The maximum Gasteiger partial charge on any atom is 0.342 e. The van der Waals surface area contributed by atoms with Crippen molar-refractivity contribution in [1.29, 1.82) is 0 Å². The summed E-state index contributed by atoms with van der Waals surface area (Å²) in [6.45, 7) is 1.33.